The smallest absolute Gasteiger partial charge is 0.252 e. The van der Waals surface area contributed by atoms with E-state index in [1.807, 2.05) is 0 Å². The van der Waals surface area contributed by atoms with Crippen LogP contribution in [0.4, 0.5) is 4.39 Å². The summed E-state index contributed by atoms with van der Waals surface area (Å²) < 4.78 is 12.6. The fourth-order valence-corrected chi connectivity index (χ4v) is 2.02. The number of hydrogen-bond acceptors (Lipinski definition) is 3. The lowest BCUT2D eigenvalue weighted by molar-refractivity contribution is 0.0939. The molecular weight excluding hydrogens is 245 g/mol. The van der Waals surface area contributed by atoms with Gasteiger partial charge in [-0.15, -0.1) is 0 Å². The van der Waals surface area contributed by atoms with E-state index >= 15 is 0 Å². The monoisotopic (exact) mass is 267 g/mol. The molecule has 0 atom stereocenters. The number of nitrogens with zero attached hydrogens (tertiary/aromatic N) is 2. The number of halogens is 1. The van der Waals surface area contributed by atoms with Crippen molar-refractivity contribution in [1.29, 1.82) is 0 Å². The van der Waals surface area contributed by atoms with Gasteiger partial charge in [0.1, 0.15) is 0 Å². The largest absolute Gasteiger partial charge is 0.351 e. The predicted octanol–water partition coefficient (Wildman–Crippen LogP) is 2.07. The van der Waals surface area contributed by atoms with E-state index in [1.165, 1.54) is 18.3 Å². The second-order valence-electron chi connectivity index (χ2n) is 5.05. The molecule has 1 aromatic rings. The quantitative estimate of drug-likeness (QED) is 0.803. The average Bonchev–Trinajstić information content (AvgIpc) is 2.34. The molecule has 0 radical (unpaired) electrons. The van der Waals surface area contributed by atoms with Crippen LogP contribution < -0.4 is 5.32 Å². The number of aromatic nitrogens is 1. The Morgan fingerprint density at radius 3 is 2.42 bits per heavy atom. The molecule has 0 saturated heterocycles. The summed E-state index contributed by atoms with van der Waals surface area (Å²) in [6.45, 7) is 9.87. The number of hydrogen-bond donors (Lipinski definition) is 1. The Bertz CT molecular complexity index is 396. The minimum Gasteiger partial charge on any atom is -0.351 e. The van der Waals surface area contributed by atoms with Crippen molar-refractivity contribution in [2.24, 2.45) is 0 Å². The van der Waals surface area contributed by atoms with E-state index in [0.717, 1.165) is 6.54 Å². The molecule has 0 aliphatic heterocycles. The van der Waals surface area contributed by atoms with Crippen LogP contribution in [-0.4, -0.2) is 41.0 Å². The average molecular weight is 267 g/mol. The van der Waals surface area contributed by atoms with Gasteiger partial charge < -0.3 is 5.32 Å². The van der Waals surface area contributed by atoms with Crippen LogP contribution >= 0.6 is 0 Å². The maximum atomic E-state index is 12.6. The molecule has 4 nitrogen and oxygen atoms in total. The van der Waals surface area contributed by atoms with Crippen LogP contribution in [0.25, 0.3) is 0 Å². The first kappa shape index (κ1) is 15.6. The summed E-state index contributed by atoms with van der Waals surface area (Å²) in [4.78, 5) is 17.5. The molecule has 0 bridgehead atoms. The lowest BCUT2D eigenvalue weighted by Gasteiger charge is -2.30. The third kappa shape index (κ3) is 4.95. The first-order valence-corrected chi connectivity index (χ1v) is 6.57. The molecule has 1 rings (SSSR count). The van der Waals surface area contributed by atoms with Gasteiger partial charge in [0.25, 0.3) is 5.91 Å². The zero-order valence-corrected chi connectivity index (χ0v) is 12.0. The summed E-state index contributed by atoms with van der Waals surface area (Å²) in [6.07, 6.45) is 1.24. The van der Waals surface area contributed by atoms with E-state index < -0.39 is 5.95 Å². The third-order valence-corrected chi connectivity index (χ3v) is 2.97. The summed E-state index contributed by atoms with van der Waals surface area (Å²) in [7, 11) is 0. The molecule has 0 aliphatic carbocycles. The third-order valence-electron chi connectivity index (χ3n) is 2.97. The molecule has 0 saturated carbocycles. The zero-order valence-electron chi connectivity index (χ0n) is 12.0. The van der Waals surface area contributed by atoms with Crippen molar-refractivity contribution in [2.45, 2.75) is 39.8 Å². The summed E-state index contributed by atoms with van der Waals surface area (Å²) in [5.41, 5.74) is 0.377. The summed E-state index contributed by atoms with van der Waals surface area (Å²) in [5.74, 6) is -0.803. The molecule has 1 heterocycles. The maximum Gasteiger partial charge on any atom is 0.252 e. The fourth-order valence-electron chi connectivity index (χ4n) is 2.02. The molecule has 1 amide bonds. The molecule has 0 fully saturated rings. The first-order valence-electron chi connectivity index (χ1n) is 6.57. The van der Waals surface area contributed by atoms with Crippen molar-refractivity contribution in [3.63, 3.8) is 0 Å². The van der Waals surface area contributed by atoms with E-state index in [1.54, 1.807) is 0 Å². The van der Waals surface area contributed by atoms with Gasteiger partial charge in [0.2, 0.25) is 5.95 Å². The van der Waals surface area contributed by atoms with Gasteiger partial charge in [0, 0.05) is 31.4 Å². The van der Waals surface area contributed by atoms with Gasteiger partial charge in [-0.1, -0.05) is 0 Å². The molecule has 1 N–H and O–H groups in total. The highest BCUT2D eigenvalue weighted by molar-refractivity contribution is 5.93. The first-order chi connectivity index (χ1) is 8.91. The van der Waals surface area contributed by atoms with E-state index in [4.69, 9.17) is 0 Å². The van der Waals surface area contributed by atoms with Crippen molar-refractivity contribution < 1.29 is 9.18 Å². The van der Waals surface area contributed by atoms with Gasteiger partial charge in [-0.25, -0.2) is 4.98 Å². The number of carbonyl (C=O) groups is 1. The maximum absolute atomic E-state index is 12.6. The molecule has 0 aromatic carbocycles. The number of carbonyl (C=O) groups excluding carboxylic acids is 1. The molecule has 1 aromatic heterocycles. The normalized spacial score (nSPS) is 11.4. The molecule has 0 aliphatic rings. The van der Waals surface area contributed by atoms with Crippen LogP contribution in [0.2, 0.25) is 0 Å². The van der Waals surface area contributed by atoms with Crippen LogP contribution in [0.5, 0.6) is 0 Å². The topological polar surface area (TPSA) is 45.2 Å². The molecule has 19 heavy (non-hydrogen) atoms. The van der Waals surface area contributed by atoms with Crippen molar-refractivity contribution in [1.82, 2.24) is 15.2 Å². The predicted molar refractivity (Wildman–Crippen MR) is 73.5 cm³/mol. The minimum absolute atomic E-state index is 0.222. The lowest BCUT2D eigenvalue weighted by atomic mass is 10.2. The molecule has 0 spiro atoms. The van der Waals surface area contributed by atoms with E-state index in [0.29, 0.717) is 24.2 Å². The second-order valence-corrected chi connectivity index (χ2v) is 5.05. The van der Waals surface area contributed by atoms with Crippen LogP contribution in [0, 0.1) is 5.95 Å². The SMILES string of the molecule is CC(C)N(CCNC(=O)c1ccc(F)nc1)C(C)C. The summed E-state index contributed by atoms with van der Waals surface area (Å²) in [6, 6.07) is 3.48. The highest BCUT2D eigenvalue weighted by Crippen LogP contribution is 2.04. The molecular formula is C14H22FN3O. The van der Waals surface area contributed by atoms with Crippen molar-refractivity contribution >= 4 is 5.91 Å². The minimum atomic E-state index is -0.581. The van der Waals surface area contributed by atoms with Crippen molar-refractivity contribution in [3.05, 3.63) is 29.8 Å². The highest BCUT2D eigenvalue weighted by atomic mass is 19.1. The standard InChI is InChI=1S/C14H22FN3O/c1-10(2)18(11(3)4)8-7-16-14(19)12-5-6-13(15)17-9-12/h5-6,9-11H,7-8H2,1-4H3,(H,16,19). The van der Waals surface area contributed by atoms with Gasteiger partial charge in [-0.2, -0.15) is 4.39 Å². The molecule has 0 unspecified atom stereocenters. The Kier molecular flexibility index (Phi) is 5.89. The van der Waals surface area contributed by atoms with E-state index in [2.05, 4.69) is 42.9 Å². The summed E-state index contributed by atoms with van der Waals surface area (Å²) in [5, 5.41) is 2.82. The molecule has 5 heteroatoms. The Balaban J connectivity index is 2.44. The van der Waals surface area contributed by atoms with Crippen molar-refractivity contribution in [2.75, 3.05) is 13.1 Å². The van der Waals surface area contributed by atoms with Crippen LogP contribution in [0.1, 0.15) is 38.1 Å². The van der Waals surface area contributed by atoms with Gasteiger partial charge in [0.15, 0.2) is 0 Å². The fraction of sp³-hybridized carbons (Fsp3) is 0.571. The number of nitrogens with one attached hydrogen (secondary N) is 1. The van der Waals surface area contributed by atoms with Gasteiger partial charge in [-0.05, 0) is 39.8 Å². The Morgan fingerprint density at radius 1 is 1.32 bits per heavy atom. The van der Waals surface area contributed by atoms with E-state index in [-0.39, 0.29) is 5.91 Å². The Morgan fingerprint density at radius 2 is 1.95 bits per heavy atom. The Labute approximate surface area is 114 Å². The van der Waals surface area contributed by atoms with Crippen LogP contribution in [0.15, 0.2) is 18.3 Å². The highest BCUT2D eigenvalue weighted by Gasteiger charge is 2.13. The number of pyridine rings is 1. The lowest BCUT2D eigenvalue weighted by Crippen LogP contribution is -2.42. The van der Waals surface area contributed by atoms with Gasteiger partial charge in [0.05, 0.1) is 5.56 Å². The van der Waals surface area contributed by atoms with E-state index in [9.17, 15) is 9.18 Å². The zero-order chi connectivity index (χ0) is 14.4. The molecule has 106 valence electrons. The van der Waals surface area contributed by atoms with Crippen LogP contribution in [0.3, 0.4) is 0 Å². The van der Waals surface area contributed by atoms with Gasteiger partial charge >= 0.3 is 0 Å². The second kappa shape index (κ2) is 7.19. The Hall–Kier alpha value is -1.49. The number of amides is 1. The van der Waals surface area contributed by atoms with Gasteiger partial charge in [-0.3, -0.25) is 9.69 Å². The van der Waals surface area contributed by atoms with Crippen LogP contribution in [-0.2, 0) is 0 Å². The number of rotatable bonds is 6. The van der Waals surface area contributed by atoms with Crippen molar-refractivity contribution in [3.8, 4) is 0 Å². The summed E-state index contributed by atoms with van der Waals surface area (Å²) >= 11 is 0.